The number of rotatable bonds is 5. The lowest BCUT2D eigenvalue weighted by molar-refractivity contribution is -0.116. The lowest BCUT2D eigenvalue weighted by Crippen LogP contribution is -2.61. The van der Waals surface area contributed by atoms with Crippen molar-refractivity contribution in [1.29, 1.82) is 0 Å². The highest BCUT2D eigenvalue weighted by Crippen LogP contribution is 2.43. The van der Waals surface area contributed by atoms with Crippen LogP contribution in [0.3, 0.4) is 0 Å². The number of hydrogen-bond acceptors (Lipinski definition) is 2. The van der Waals surface area contributed by atoms with E-state index in [1.807, 2.05) is 0 Å². The first kappa shape index (κ1) is 15.0. The van der Waals surface area contributed by atoms with Crippen molar-refractivity contribution in [2.75, 3.05) is 6.61 Å². The summed E-state index contributed by atoms with van der Waals surface area (Å²) in [5.74, 6) is 0. The Kier molecular flexibility index (Phi) is 4.70. The largest absolute Gasteiger partial charge is 0.378 e. The molecule has 3 heteroatoms. The van der Waals surface area contributed by atoms with Crippen LogP contribution in [-0.4, -0.2) is 18.8 Å². The van der Waals surface area contributed by atoms with Crippen molar-refractivity contribution >= 4 is 15.9 Å². The van der Waals surface area contributed by atoms with Crippen LogP contribution in [0.4, 0.5) is 0 Å². The summed E-state index contributed by atoms with van der Waals surface area (Å²) < 4.78 is 6.91. The summed E-state index contributed by atoms with van der Waals surface area (Å²) in [6.45, 7) is 9.70. The smallest absolute Gasteiger partial charge is 0.0655 e. The summed E-state index contributed by atoms with van der Waals surface area (Å²) in [6.07, 6.45) is 1.51. The van der Waals surface area contributed by atoms with Crippen LogP contribution in [0.25, 0.3) is 0 Å². The van der Waals surface area contributed by atoms with Crippen molar-refractivity contribution in [3.05, 3.63) is 34.3 Å². The maximum atomic E-state index is 5.78. The first-order valence-corrected chi connectivity index (χ1v) is 7.87. The summed E-state index contributed by atoms with van der Waals surface area (Å²) in [4.78, 5) is 0. The summed E-state index contributed by atoms with van der Waals surface area (Å²) in [7, 11) is 0. The number of nitrogens with one attached hydrogen (secondary N) is 1. The zero-order valence-corrected chi connectivity index (χ0v) is 13.8. The van der Waals surface area contributed by atoms with Crippen molar-refractivity contribution in [3.8, 4) is 0 Å². The molecule has 0 heterocycles. The van der Waals surface area contributed by atoms with Crippen LogP contribution in [0.15, 0.2) is 28.7 Å². The second kappa shape index (κ2) is 5.94. The first-order chi connectivity index (χ1) is 8.95. The highest BCUT2D eigenvalue weighted by molar-refractivity contribution is 9.10. The van der Waals surface area contributed by atoms with Gasteiger partial charge in [0.1, 0.15) is 0 Å². The maximum Gasteiger partial charge on any atom is 0.0655 e. The topological polar surface area (TPSA) is 21.3 Å². The molecule has 1 aliphatic rings. The van der Waals surface area contributed by atoms with Gasteiger partial charge in [0.05, 0.1) is 6.10 Å². The molecule has 2 unspecified atom stereocenters. The average molecular weight is 326 g/mol. The molecule has 3 atom stereocenters. The molecular weight excluding hydrogens is 302 g/mol. The van der Waals surface area contributed by atoms with Gasteiger partial charge in [-0.15, -0.1) is 0 Å². The monoisotopic (exact) mass is 325 g/mol. The second-order valence-electron chi connectivity index (χ2n) is 5.99. The molecule has 2 nitrogen and oxygen atoms in total. The van der Waals surface area contributed by atoms with E-state index >= 15 is 0 Å². The van der Waals surface area contributed by atoms with Gasteiger partial charge in [0.2, 0.25) is 0 Å². The lowest BCUT2D eigenvalue weighted by Gasteiger charge is -2.52. The highest BCUT2D eigenvalue weighted by Gasteiger charge is 2.48. The Hall–Kier alpha value is -0.380. The fourth-order valence-electron chi connectivity index (χ4n) is 2.80. The Bertz CT molecular complexity index is 415. The molecule has 1 aromatic rings. The Morgan fingerprint density at radius 2 is 2.00 bits per heavy atom. The molecule has 1 fully saturated rings. The molecule has 2 rings (SSSR count). The van der Waals surface area contributed by atoms with Gasteiger partial charge in [-0.05, 0) is 38.0 Å². The van der Waals surface area contributed by atoms with Crippen molar-refractivity contribution < 1.29 is 4.74 Å². The predicted octanol–water partition coefficient (Wildman–Crippen LogP) is 4.30. The third-order valence-corrected chi connectivity index (χ3v) is 4.90. The first-order valence-electron chi connectivity index (χ1n) is 7.08. The van der Waals surface area contributed by atoms with Crippen LogP contribution in [0.5, 0.6) is 0 Å². The van der Waals surface area contributed by atoms with Crippen LogP contribution >= 0.6 is 15.9 Å². The summed E-state index contributed by atoms with van der Waals surface area (Å²) in [5, 5.41) is 3.74. The van der Waals surface area contributed by atoms with Gasteiger partial charge in [-0.1, -0.05) is 41.9 Å². The van der Waals surface area contributed by atoms with E-state index in [9.17, 15) is 0 Å². The van der Waals surface area contributed by atoms with Crippen LogP contribution in [0.1, 0.15) is 45.7 Å². The fraction of sp³-hybridized carbons (Fsp3) is 0.625. The van der Waals surface area contributed by atoms with Crippen molar-refractivity contribution in [2.45, 2.75) is 52.3 Å². The minimum absolute atomic E-state index is 0.222. The molecule has 106 valence electrons. The van der Waals surface area contributed by atoms with Gasteiger partial charge in [-0.2, -0.15) is 0 Å². The second-order valence-corrected chi connectivity index (χ2v) is 6.91. The van der Waals surface area contributed by atoms with Crippen LogP contribution in [0, 0.1) is 5.41 Å². The molecule has 0 amide bonds. The van der Waals surface area contributed by atoms with Gasteiger partial charge in [-0.25, -0.2) is 0 Å². The molecule has 1 aliphatic carbocycles. The third-order valence-electron chi connectivity index (χ3n) is 4.37. The van der Waals surface area contributed by atoms with Crippen LogP contribution < -0.4 is 5.32 Å². The maximum absolute atomic E-state index is 5.78. The van der Waals surface area contributed by atoms with Crippen molar-refractivity contribution in [2.24, 2.45) is 5.41 Å². The number of hydrogen-bond donors (Lipinski definition) is 1. The van der Waals surface area contributed by atoms with Crippen molar-refractivity contribution in [3.63, 3.8) is 0 Å². The van der Waals surface area contributed by atoms with E-state index in [1.165, 1.54) is 5.56 Å². The predicted molar refractivity (Wildman–Crippen MR) is 83.3 cm³/mol. The van der Waals surface area contributed by atoms with Gasteiger partial charge < -0.3 is 10.1 Å². The van der Waals surface area contributed by atoms with Crippen LogP contribution in [0.2, 0.25) is 0 Å². The molecule has 0 radical (unpaired) electrons. The minimum Gasteiger partial charge on any atom is -0.378 e. The van der Waals surface area contributed by atoms with Gasteiger partial charge in [-0.3, -0.25) is 0 Å². The molecule has 1 N–H and O–H groups in total. The molecule has 1 saturated carbocycles. The standard InChI is InChI=1S/C16H24BrNO/c1-5-19-15-10-14(16(15,3)4)18-11(2)12-6-8-13(17)9-7-12/h6-9,11,14-15,18H,5,10H2,1-4H3/t11-,14?,15?/m0/s1. The van der Waals surface area contributed by atoms with E-state index in [1.54, 1.807) is 0 Å². The zero-order chi connectivity index (χ0) is 14.0. The molecule has 0 saturated heterocycles. The molecule has 0 aliphatic heterocycles. The fourth-order valence-corrected chi connectivity index (χ4v) is 3.07. The summed E-state index contributed by atoms with van der Waals surface area (Å²) in [6, 6.07) is 9.45. The SMILES string of the molecule is CCOC1CC(N[C@@H](C)c2ccc(Br)cc2)C1(C)C. The Morgan fingerprint density at radius 1 is 1.37 bits per heavy atom. The summed E-state index contributed by atoms with van der Waals surface area (Å²) in [5.41, 5.74) is 1.55. The average Bonchev–Trinajstić information content (AvgIpc) is 2.38. The Morgan fingerprint density at radius 3 is 2.53 bits per heavy atom. The highest BCUT2D eigenvalue weighted by atomic mass is 79.9. The molecule has 0 bridgehead atoms. The van der Waals surface area contributed by atoms with E-state index in [4.69, 9.17) is 4.74 Å². The van der Waals surface area contributed by atoms with Gasteiger partial charge in [0.15, 0.2) is 0 Å². The van der Waals surface area contributed by atoms with E-state index in [0.717, 1.165) is 17.5 Å². The Balaban J connectivity index is 1.93. The molecule has 0 aromatic heterocycles. The Labute approximate surface area is 125 Å². The quantitative estimate of drug-likeness (QED) is 0.871. The van der Waals surface area contributed by atoms with E-state index in [2.05, 4.69) is 73.2 Å². The third kappa shape index (κ3) is 3.21. The normalized spacial score (nSPS) is 26.8. The van der Waals surface area contributed by atoms with Gasteiger partial charge in [0.25, 0.3) is 0 Å². The van der Waals surface area contributed by atoms with E-state index in [0.29, 0.717) is 18.2 Å². The van der Waals surface area contributed by atoms with E-state index in [-0.39, 0.29) is 5.41 Å². The number of benzene rings is 1. The number of halogens is 1. The van der Waals surface area contributed by atoms with Crippen LogP contribution in [-0.2, 0) is 4.74 Å². The van der Waals surface area contributed by atoms with Crippen molar-refractivity contribution in [1.82, 2.24) is 5.32 Å². The zero-order valence-electron chi connectivity index (χ0n) is 12.2. The number of ether oxygens (including phenoxy) is 1. The lowest BCUT2D eigenvalue weighted by atomic mass is 9.64. The minimum atomic E-state index is 0.222. The molecule has 19 heavy (non-hydrogen) atoms. The molecule has 1 aromatic carbocycles. The van der Waals surface area contributed by atoms with Gasteiger partial charge in [0, 0.05) is 28.6 Å². The molecular formula is C16H24BrNO. The summed E-state index contributed by atoms with van der Waals surface area (Å²) >= 11 is 3.48. The van der Waals surface area contributed by atoms with E-state index < -0.39 is 0 Å². The van der Waals surface area contributed by atoms with Gasteiger partial charge >= 0.3 is 0 Å². The molecule has 0 spiro atoms.